The van der Waals surface area contributed by atoms with Crippen molar-refractivity contribution in [2.24, 2.45) is 0 Å². The van der Waals surface area contributed by atoms with Crippen molar-refractivity contribution in [3.05, 3.63) is 94.7 Å². The second-order valence-electron chi connectivity index (χ2n) is 9.21. The van der Waals surface area contributed by atoms with Gasteiger partial charge in [0.05, 0.1) is 34.1 Å². The minimum absolute atomic E-state index is 0.134. The predicted molar refractivity (Wildman–Crippen MR) is 147 cm³/mol. The highest BCUT2D eigenvalue weighted by Gasteiger charge is 2.48. The highest BCUT2D eigenvalue weighted by Crippen LogP contribution is 2.45. The summed E-state index contributed by atoms with van der Waals surface area (Å²) in [6.07, 6.45) is 1.81. The van der Waals surface area contributed by atoms with Gasteiger partial charge < -0.3 is 14.2 Å². The van der Waals surface area contributed by atoms with Crippen molar-refractivity contribution in [2.45, 2.75) is 26.8 Å². The van der Waals surface area contributed by atoms with Gasteiger partial charge in [-0.1, -0.05) is 29.5 Å². The number of aromatic nitrogens is 3. The number of ketones is 1. The molecule has 1 unspecified atom stereocenters. The van der Waals surface area contributed by atoms with Crippen LogP contribution in [0.1, 0.15) is 35.5 Å². The van der Waals surface area contributed by atoms with Gasteiger partial charge >= 0.3 is 5.91 Å². The molecule has 1 saturated heterocycles. The first-order valence-corrected chi connectivity index (χ1v) is 13.1. The molecule has 8 nitrogen and oxygen atoms in total. The van der Waals surface area contributed by atoms with Crippen molar-refractivity contribution in [2.75, 3.05) is 11.5 Å². The Balaban J connectivity index is 1.56. The van der Waals surface area contributed by atoms with Crippen LogP contribution in [0, 0.1) is 19.7 Å². The van der Waals surface area contributed by atoms with Crippen LogP contribution in [-0.2, 0) is 9.59 Å². The largest absolute Gasteiger partial charge is 0.505 e. The molecule has 0 radical (unpaired) electrons. The van der Waals surface area contributed by atoms with Gasteiger partial charge in [-0.3, -0.25) is 14.5 Å². The molecule has 0 saturated carbocycles. The van der Waals surface area contributed by atoms with Crippen molar-refractivity contribution in [1.82, 2.24) is 14.4 Å². The minimum atomic E-state index is -1.04. The molecular weight excluding hydrogens is 519 g/mol. The summed E-state index contributed by atoms with van der Waals surface area (Å²) in [5.41, 5.74) is 3.26. The van der Waals surface area contributed by atoms with Gasteiger partial charge in [-0.15, -0.1) is 0 Å². The number of ether oxygens (including phenoxy) is 1. The molecule has 1 fully saturated rings. The fraction of sp³-hybridized carbons (Fsp3) is 0.172. The third-order valence-corrected chi connectivity index (χ3v) is 7.82. The number of aliphatic hydroxyl groups is 1. The average molecular weight is 543 g/mol. The van der Waals surface area contributed by atoms with Crippen LogP contribution in [0.25, 0.3) is 21.6 Å². The molecule has 1 aliphatic rings. The summed E-state index contributed by atoms with van der Waals surface area (Å²) in [6.45, 7) is 6.06. The molecule has 4 heterocycles. The lowest BCUT2D eigenvalue weighted by atomic mass is 9.96. The Labute approximate surface area is 226 Å². The molecule has 1 N–H and O–H groups in total. The molecule has 0 bridgehead atoms. The maximum atomic E-state index is 13.9. The van der Waals surface area contributed by atoms with E-state index >= 15 is 0 Å². The summed E-state index contributed by atoms with van der Waals surface area (Å²) in [4.78, 5) is 37.6. The summed E-state index contributed by atoms with van der Waals surface area (Å²) in [5, 5.41) is 11.8. The van der Waals surface area contributed by atoms with Crippen molar-refractivity contribution in [3.63, 3.8) is 0 Å². The normalized spacial score (nSPS) is 17.0. The number of amides is 1. The van der Waals surface area contributed by atoms with E-state index in [1.54, 1.807) is 19.1 Å². The lowest BCUT2D eigenvalue weighted by Gasteiger charge is -2.22. The number of imidazole rings is 1. The quantitative estimate of drug-likeness (QED) is 0.173. The van der Waals surface area contributed by atoms with E-state index in [9.17, 15) is 19.1 Å². The summed E-state index contributed by atoms with van der Waals surface area (Å²) in [7, 11) is 0. The maximum absolute atomic E-state index is 13.9. The Bertz CT molecular complexity index is 1820. The number of aryl methyl sites for hydroxylation is 2. The number of thiazole rings is 1. The van der Waals surface area contributed by atoms with Crippen LogP contribution < -0.4 is 9.64 Å². The molecule has 0 aliphatic carbocycles. The number of fused-ring (bicyclic) bond motifs is 2. The highest BCUT2D eigenvalue weighted by molar-refractivity contribution is 7.22. The summed E-state index contributed by atoms with van der Waals surface area (Å²) < 4.78 is 22.0. The van der Waals surface area contributed by atoms with E-state index in [0.29, 0.717) is 34.8 Å². The third kappa shape index (κ3) is 3.95. The van der Waals surface area contributed by atoms with E-state index in [0.717, 1.165) is 10.3 Å². The molecule has 1 aliphatic heterocycles. The SMILES string of the molecule is CCOc1ccc2nc(N3C(=O)C(=O)/C(=C(/O)c4nc5c(C)cccn5c4C)C3c3ccc(F)cc3)sc2c1. The van der Waals surface area contributed by atoms with Gasteiger partial charge in [-0.2, -0.15) is 0 Å². The lowest BCUT2D eigenvalue weighted by Crippen LogP contribution is -2.29. The number of benzene rings is 2. The molecule has 0 spiro atoms. The van der Waals surface area contributed by atoms with Gasteiger partial charge in [0.15, 0.2) is 10.9 Å². The van der Waals surface area contributed by atoms with Crippen molar-refractivity contribution >= 4 is 49.8 Å². The van der Waals surface area contributed by atoms with Crippen LogP contribution in [0.2, 0.25) is 0 Å². The molecule has 39 heavy (non-hydrogen) atoms. The van der Waals surface area contributed by atoms with Crippen LogP contribution in [0.5, 0.6) is 5.75 Å². The number of halogens is 1. The predicted octanol–water partition coefficient (Wildman–Crippen LogP) is 5.72. The first kappa shape index (κ1) is 24.7. The van der Waals surface area contributed by atoms with Crippen LogP contribution >= 0.6 is 11.3 Å². The second-order valence-corrected chi connectivity index (χ2v) is 10.2. The van der Waals surface area contributed by atoms with Crippen molar-refractivity contribution < 1.29 is 23.8 Å². The van der Waals surface area contributed by atoms with Gasteiger partial charge in [-0.25, -0.2) is 14.4 Å². The number of carbonyl (C=O) groups excluding carboxylic acids is 2. The highest BCUT2D eigenvalue weighted by atomic mass is 32.1. The summed E-state index contributed by atoms with van der Waals surface area (Å²) >= 11 is 1.22. The number of Topliss-reactive ketones (excluding diaryl/α,β-unsaturated/α-hetero) is 1. The molecule has 2 aromatic carbocycles. The van der Waals surface area contributed by atoms with Crippen molar-refractivity contribution in [3.8, 4) is 5.75 Å². The number of hydrogen-bond acceptors (Lipinski definition) is 7. The lowest BCUT2D eigenvalue weighted by molar-refractivity contribution is -0.132. The zero-order valence-corrected chi connectivity index (χ0v) is 22.1. The molecule has 5 aromatic rings. The number of nitrogens with zero attached hydrogens (tertiary/aromatic N) is 4. The van der Waals surface area contributed by atoms with E-state index in [1.807, 2.05) is 42.6 Å². The Morgan fingerprint density at radius 1 is 1.10 bits per heavy atom. The fourth-order valence-electron chi connectivity index (χ4n) is 4.92. The Hall–Kier alpha value is -4.57. The van der Waals surface area contributed by atoms with Gasteiger partial charge in [0, 0.05) is 6.20 Å². The molecule has 6 rings (SSSR count). The number of hydrogen-bond donors (Lipinski definition) is 1. The molecule has 1 amide bonds. The summed E-state index contributed by atoms with van der Waals surface area (Å²) in [6, 6.07) is 13.6. The van der Waals surface area contributed by atoms with Gasteiger partial charge in [0.25, 0.3) is 5.78 Å². The molecule has 196 valence electrons. The molecule has 1 atom stereocenters. The van der Waals surface area contributed by atoms with Gasteiger partial charge in [0.1, 0.15) is 22.9 Å². The van der Waals surface area contributed by atoms with E-state index in [4.69, 9.17) is 4.74 Å². The topological polar surface area (TPSA) is 97.0 Å². The van der Waals surface area contributed by atoms with E-state index in [2.05, 4.69) is 9.97 Å². The van der Waals surface area contributed by atoms with E-state index in [-0.39, 0.29) is 16.4 Å². The molecule has 10 heteroatoms. The van der Waals surface area contributed by atoms with Crippen LogP contribution in [0.15, 0.2) is 66.4 Å². The monoisotopic (exact) mass is 542 g/mol. The van der Waals surface area contributed by atoms with Crippen LogP contribution in [0.3, 0.4) is 0 Å². The zero-order chi connectivity index (χ0) is 27.4. The van der Waals surface area contributed by atoms with Crippen molar-refractivity contribution in [1.29, 1.82) is 0 Å². The number of pyridine rings is 1. The average Bonchev–Trinajstić information content (AvgIpc) is 3.57. The van der Waals surface area contributed by atoms with Gasteiger partial charge in [-0.05, 0) is 68.3 Å². The molecule has 3 aromatic heterocycles. The zero-order valence-electron chi connectivity index (χ0n) is 21.3. The minimum Gasteiger partial charge on any atom is -0.505 e. The number of rotatable bonds is 5. The first-order chi connectivity index (χ1) is 18.8. The third-order valence-electron chi connectivity index (χ3n) is 6.80. The van der Waals surface area contributed by atoms with Gasteiger partial charge in [0.2, 0.25) is 0 Å². The Kier molecular flexibility index (Phi) is 5.91. The number of carbonyl (C=O) groups is 2. The first-order valence-electron chi connectivity index (χ1n) is 12.3. The van der Waals surface area contributed by atoms with Crippen LogP contribution in [0.4, 0.5) is 9.52 Å². The van der Waals surface area contributed by atoms with Crippen LogP contribution in [-0.4, -0.2) is 37.8 Å². The van der Waals surface area contributed by atoms with E-state index < -0.39 is 29.3 Å². The number of anilines is 1. The smallest absolute Gasteiger partial charge is 0.301 e. The standard InChI is InChI=1S/C29H23FN4O4S/c1-4-38-19-11-12-20-21(14-19)39-29(31-20)34-24(17-7-9-18(30)10-8-17)22(26(36)28(34)37)25(35)23-16(3)33-13-5-6-15(2)27(33)32-23/h5-14,24,35H,4H2,1-3H3/b25-22+. The summed E-state index contributed by atoms with van der Waals surface area (Å²) in [5.74, 6) is -1.91. The fourth-order valence-corrected chi connectivity index (χ4v) is 5.94. The molecular formula is C29H23FN4O4S. The Morgan fingerprint density at radius 3 is 2.59 bits per heavy atom. The second kappa shape index (κ2) is 9.32. The number of aliphatic hydroxyl groups excluding tert-OH is 1. The van der Waals surface area contributed by atoms with E-state index in [1.165, 1.54) is 40.5 Å². The Morgan fingerprint density at radius 2 is 1.87 bits per heavy atom. The maximum Gasteiger partial charge on any atom is 0.301 e.